The Morgan fingerprint density at radius 2 is 1.33 bits per heavy atom. The van der Waals surface area contributed by atoms with E-state index >= 15 is 0 Å². The van der Waals surface area contributed by atoms with Gasteiger partial charge in [-0.15, -0.1) is 0 Å². The maximum atomic E-state index is 10.9. The van der Waals surface area contributed by atoms with Crippen molar-refractivity contribution in [2.45, 2.75) is 59.3 Å². The molecule has 2 N–H and O–H groups in total. The fourth-order valence-electron chi connectivity index (χ4n) is 2.06. The monoisotopic (exact) mass is 316 g/mol. The lowest BCUT2D eigenvalue weighted by molar-refractivity contribution is -0.125. The van der Waals surface area contributed by atoms with E-state index in [0.29, 0.717) is 5.75 Å². The van der Waals surface area contributed by atoms with E-state index in [1.807, 2.05) is 60.6 Å². The molecule has 21 heavy (non-hydrogen) atoms. The Kier molecular flexibility index (Phi) is 4.96. The van der Waals surface area contributed by atoms with Crippen LogP contribution in [-0.4, -0.2) is 9.79 Å². The maximum Gasteiger partial charge on any atom is 0.505 e. The first kappa shape index (κ1) is 18.2. The zero-order chi connectivity index (χ0) is 16.6. The van der Waals surface area contributed by atoms with Crippen LogP contribution in [0.3, 0.4) is 0 Å². The van der Waals surface area contributed by atoms with Gasteiger partial charge in [-0.2, -0.15) is 0 Å². The molecular formula is C15H25O5P. The van der Waals surface area contributed by atoms with Crippen molar-refractivity contribution in [1.82, 2.24) is 0 Å². The van der Waals surface area contributed by atoms with Crippen LogP contribution in [0.2, 0.25) is 0 Å². The Labute approximate surface area is 126 Å². The Bertz CT molecular complexity index is 525. The van der Waals surface area contributed by atoms with Gasteiger partial charge in [0, 0.05) is 11.1 Å². The van der Waals surface area contributed by atoms with E-state index in [2.05, 4.69) is 4.67 Å². The topological polar surface area (TPSA) is 76.0 Å². The molecule has 0 aromatic heterocycles. The molecule has 0 radical (unpaired) electrons. The van der Waals surface area contributed by atoms with Crippen molar-refractivity contribution >= 4 is 7.82 Å². The summed E-state index contributed by atoms with van der Waals surface area (Å²) in [7, 11) is -4.71. The summed E-state index contributed by atoms with van der Waals surface area (Å²) in [5.41, 5.74) is 2.26. The van der Waals surface area contributed by atoms with Gasteiger partial charge >= 0.3 is 7.82 Å². The second-order valence-electron chi connectivity index (χ2n) is 7.34. The first-order valence-corrected chi connectivity index (χ1v) is 8.32. The van der Waals surface area contributed by atoms with Crippen LogP contribution in [0, 0.1) is 6.92 Å². The molecule has 0 saturated heterocycles. The number of hydrogen-bond donors (Lipinski definition) is 2. The maximum absolute atomic E-state index is 10.9. The van der Waals surface area contributed by atoms with E-state index < -0.39 is 7.82 Å². The molecule has 5 nitrogen and oxygen atoms in total. The largest absolute Gasteiger partial charge is 0.505 e. The van der Waals surface area contributed by atoms with Crippen LogP contribution in [0.1, 0.15) is 58.2 Å². The molecule has 1 rings (SSSR count). The molecule has 120 valence electrons. The molecule has 0 aliphatic rings. The van der Waals surface area contributed by atoms with Gasteiger partial charge in [-0.3, -0.25) is 0 Å². The van der Waals surface area contributed by atoms with E-state index in [9.17, 15) is 4.57 Å². The van der Waals surface area contributed by atoms with Crippen molar-refractivity contribution in [3.63, 3.8) is 0 Å². The number of rotatable bonds is 3. The molecule has 6 heteroatoms. The Morgan fingerprint density at radius 1 is 0.952 bits per heavy atom. The van der Waals surface area contributed by atoms with E-state index in [0.717, 1.165) is 16.7 Å². The van der Waals surface area contributed by atoms with Gasteiger partial charge < -0.3 is 14.7 Å². The van der Waals surface area contributed by atoms with Crippen molar-refractivity contribution in [3.05, 3.63) is 28.8 Å². The third kappa shape index (κ3) is 5.11. The minimum atomic E-state index is -4.71. The lowest BCUT2D eigenvalue weighted by Gasteiger charge is -2.29. The average molecular weight is 316 g/mol. The molecule has 0 amide bonds. The predicted octanol–water partition coefficient (Wildman–Crippen LogP) is 3.99. The first-order chi connectivity index (χ1) is 9.22. The molecule has 0 aliphatic heterocycles. The van der Waals surface area contributed by atoms with Gasteiger partial charge in [0.15, 0.2) is 5.75 Å². The summed E-state index contributed by atoms with van der Waals surface area (Å²) in [6.07, 6.45) is 0. The fourth-order valence-corrected chi connectivity index (χ4v) is 2.23. The second-order valence-corrected chi connectivity index (χ2v) is 8.47. The minimum absolute atomic E-state index is 0.250. The highest BCUT2D eigenvalue weighted by Gasteiger charge is 2.29. The smallest absolute Gasteiger partial charge is 0.327 e. The van der Waals surface area contributed by atoms with Crippen molar-refractivity contribution in [2.24, 2.45) is 0 Å². The lowest BCUT2D eigenvalue weighted by Crippen LogP contribution is -2.20. The zero-order valence-corrected chi connectivity index (χ0v) is 14.6. The normalized spacial score (nSPS) is 13.4. The summed E-state index contributed by atoms with van der Waals surface area (Å²) in [6.45, 7) is 14.1. The third-order valence-electron chi connectivity index (χ3n) is 3.07. The molecule has 0 unspecified atom stereocenters. The molecule has 0 aliphatic carbocycles. The van der Waals surface area contributed by atoms with Gasteiger partial charge in [0.1, 0.15) is 0 Å². The average Bonchev–Trinajstić information content (AvgIpc) is 2.22. The number of aryl methyl sites for hydroxylation is 1. The molecule has 0 saturated carbocycles. The van der Waals surface area contributed by atoms with Crippen LogP contribution in [-0.2, 0) is 20.1 Å². The molecule has 1 aromatic rings. The standard InChI is InChI=1S/C15H25O5P/c1-10-8-11(14(2,3)4)13(19-20-21(16,17)18)12(9-10)15(5,6)7/h8-9H,1-7H3,(H2,16,17,18). The minimum Gasteiger partial charge on any atom is -0.327 e. The van der Waals surface area contributed by atoms with Crippen molar-refractivity contribution < 1.29 is 23.9 Å². The first-order valence-electron chi connectivity index (χ1n) is 6.79. The van der Waals surface area contributed by atoms with E-state index in [1.165, 1.54) is 0 Å². The van der Waals surface area contributed by atoms with Crippen LogP contribution in [0.25, 0.3) is 0 Å². The fraction of sp³-hybridized carbons (Fsp3) is 0.600. The highest BCUT2D eigenvalue weighted by Crippen LogP contribution is 2.44. The Hall–Kier alpha value is -0.870. The summed E-state index contributed by atoms with van der Waals surface area (Å²) in [6, 6.07) is 3.90. The number of hydrogen-bond acceptors (Lipinski definition) is 3. The molecule has 0 spiro atoms. The third-order valence-corrected chi connectivity index (χ3v) is 3.34. The number of benzene rings is 1. The summed E-state index contributed by atoms with van der Waals surface area (Å²) in [5, 5.41) is 0. The molecule has 0 bridgehead atoms. The summed E-state index contributed by atoms with van der Waals surface area (Å²) in [5.74, 6) is 0.379. The van der Waals surface area contributed by atoms with Gasteiger partial charge in [-0.25, -0.2) is 4.57 Å². The van der Waals surface area contributed by atoms with Gasteiger partial charge in [-0.1, -0.05) is 63.9 Å². The van der Waals surface area contributed by atoms with Gasteiger partial charge in [0.25, 0.3) is 0 Å². The molecule has 1 aromatic carbocycles. The number of phosphoric acid groups is 1. The van der Waals surface area contributed by atoms with E-state index in [-0.39, 0.29) is 10.8 Å². The van der Waals surface area contributed by atoms with Gasteiger partial charge in [-0.05, 0) is 17.8 Å². The highest BCUT2D eigenvalue weighted by atomic mass is 31.2. The quantitative estimate of drug-likeness (QED) is 0.501. The summed E-state index contributed by atoms with van der Waals surface area (Å²) in [4.78, 5) is 22.8. The molecular weight excluding hydrogens is 291 g/mol. The Morgan fingerprint density at radius 3 is 1.62 bits per heavy atom. The van der Waals surface area contributed by atoms with Gasteiger partial charge in [0.05, 0.1) is 0 Å². The SMILES string of the molecule is Cc1cc(C(C)(C)C)c(OOP(=O)(O)O)c(C(C)(C)C)c1. The van der Waals surface area contributed by atoms with Crippen molar-refractivity contribution in [1.29, 1.82) is 0 Å². The molecule has 0 fully saturated rings. The van der Waals surface area contributed by atoms with Gasteiger partial charge in [0.2, 0.25) is 0 Å². The van der Waals surface area contributed by atoms with Crippen LogP contribution in [0.4, 0.5) is 0 Å². The van der Waals surface area contributed by atoms with Crippen LogP contribution in [0.5, 0.6) is 5.75 Å². The van der Waals surface area contributed by atoms with E-state index in [4.69, 9.17) is 14.7 Å². The van der Waals surface area contributed by atoms with Crippen LogP contribution in [0.15, 0.2) is 12.1 Å². The Balaban J connectivity index is 3.50. The predicted molar refractivity (Wildman–Crippen MR) is 82.3 cm³/mol. The second kappa shape index (κ2) is 5.73. The van der Waals surface area contributed by atoms with Crippen molar-refractivity contribution in [3.8, 4) is 5.75 Å². The molecule has 0 atom stereocenters. The highest BCUT2D eigenvalue weighted by molar-refractivity contribution is 7.46. The van der Waals surface area contributed by atoms with Crippen LogP contribution < -0.4 is 4.89 Å². The summed E-state index contributed by atoms with van der Waals surface area (Å²) < 4.78 is 15.2. The molecule has 0 heterocycles. The lowest BCUT2D eigenvalue weighted by atomic mass is 9.78. The summed E-state index contributed by atoms with van der Waals surface area (Å²) >= 11 is 0. The zero-order valence-electron chi connectivity index (χ0n) is 13.7. The van der Waals surface area contributed by atoms with E-state index in [1.54, 1.807) is 0 Å². The van der Waals surface area contributed by atoms with Crippen LogP contribution >= 0.6 is 7.82 Å². The van der Waals surface area contributed by atoms with Crippen molar-refractivity contribution in [2.75, 3.05) is 0 Å².